The normalized spacial score (nSPS) is 10.5. The molecule has 18 heavy (non-hydrogen) atoms. The minimum Gasteiger partial charge on any atom is -0.478 e. The molecule has 0 fully saturated rings. The number of aromatic carboxylic acids is 1. The van der Waals surface area contributed by atoms with Crippen molar-refractivity contribution in [3.05, 3.63) is 39.6 Å². The van der Waals surface area contributed by atoms with Crippen LogP contribution >= 0.6 is 11.3 Å². The molecule has 0 saturated carbocycles. The van der Waals surface area contributed by atoms with E-state index in [2.05, 4.69) is 0 Å². The first kappa shape index (κ1) is 12.3. The number of carboxylic acid groups (broad SMARTS) is 1. The van der Waals surface area contributed by atoms with E-state index in [4.69, 9.17) is 9.52 Å². The lowest BCUT2D eigenvalue weighted by molar-refractivity contribution is -0.380. The van der Waals surface area contributed by atoms with E-state index in [0.29, 0.717) is 16.9 Å². The van der Waals surface area contributed by atoms with E-state index in [0.717, 1.165) is 11.3 Å². The van der Waals surface area contributed by atoms with Gasteiger partial charge in [-0.1, -0.05) is 18.3 Å². The summed E-state index contributed by atoms with van der Waals surface area (Å²) < 4.78 is 5.23. The molecule has 0 bridgehead atoms. The fourth-order valence-corrected chi connectivity index (χ4v) is 2.43. The molecule has 1 N–H and O–H groups in total. The van der Waals surface area contributed by atoms with Gasteiger partial charge in [-0.25, -0.2) is 4.79 Å². The number of rotatable bonds is 4. The van der Waals surface area contributed by atoms with Crippen LogP contribution < -0.4 is 0 Å². The monoisotopic (exact) mass is 267 g/mol. The lowest BCUT2D eigenvalue weighted by Crippen LogP contribution is -1.99. The lowest BCUT2D eigenvalue weighted by atomic mass is 10.1. The van der Waals surface area contributed by atoms with Gasteiger partial charge in [0.05, 0.1) is 16.1 Å². The molecule has 6 nitrogen and oxygen atoms in total. The predicted molar refractivity (Wildman–Crippen MR) is 65.0 cm³/mol. The Bertz CT molecular complexity index is 613. The molecule has 0 aromatic carbocycles. The van der Waals surface area contributed by atoms with E-state index < -0.39 is 10.9 Å². The zero-order chi connectivity index (χ0) is 13.3. The second-order valence-corrected chi connectivity index (χ2v) is 4.58. The van der Waals surface area contributed by atoms with Crippen LogP contribution in [-0.2, 0) is 6.42 Å². The third-order valence-corrected chi connectivity index (χ3v) is 3.49. The maximum absolute atomic E-state index is 11.2. The van der Waals surface area contributed by atoms with Crippen molar-refractivity contribution in [1.82, 2.24) is 0 Å². The van der Waals surface area contributed by atoms with Gasteiger partial charge in [0, 0.05) is 11.6 Å². The van der Waals surface area contributed by atoms with Gasteiger partial charge >= 0.3 is 11.0 Å². The largest absolute Gasteiger partial charge is 0.478 e. The van der Waals surface area contributed by atoms with Crippen LogP contribution in [0.15, 0.2) is 22.8 Å². The van der Waals surface area contributed by atoms with Crippen LogP contribution in [-0.4, -0.2) is 16.0 Å². The number of hydrogen-bond donors (Lipinski definition) is 1. The molecule has 0 aliphatic carbocycles. The van der Waals surface area contributed by atoms with Gasteiger partial charge < -0.3 is 9.52 Å². The molecule has 0 saturated heterocycles. The number of furan rings is 1. The summed E-state index contributed by atoms with van der Waals surface area (Å²) in [6.45, 7) is 1.82. The highest BCUT2D eigenvalue weighted by Crippen LogP contribution is 2.36. The predicted octanol–water partition coefficient (Wildman–Crippen LogP) is 3.18. The van der Waals surface area contributed by atoms with Crippen LogP contribution in [0.5, 0.6) is 0 Å². The first-order valence-electron chi connectivity index (χ1n) is 5.12. The average Bonchev–Trinajstić information content (AvgIpc) is 2.94. The summed E-state index contributed by atoms with van der Waals surface area (Å²) in [6.07, 6.45) is 1.91. The van der Waals surface area contributed by atoms with Gasteiger partial charge in [0.15, 0.2) is 5.76 Å². The van der Waals surface area contributed by atoms with Crippen LogP contribution in [0.2, 0.25) is 0 Å². The Balaban J connectivity index is 2.53. The van der Waals surface area contributed by atoms with Gasteiger partial charge in [0.2, 0.25) is 0 Å². The van der Waals surface area contributed by atoms with Gasteiger partial charge in [-0.2, -0.15) is 0 Å². The van der Waals surface area contributed by atoms with E-state index >= 15 is 0 Å². The second-order valence-electron chi connectivity index (χ2n) is 3.52. The Morgan fingerprint density at radius 2 is 2.28 bits per heavy atom. The maximum Gasteiger partial charge on any atom is 0.339 e. The van der Waals surface area contributed by atoms with Gasteiger partial charge in [0.25, 0.3) is 0 Å². The zero-order valence-corrected chi connectivity index (χ0v) is 10.2. The van der Waals surface area contributed by atoms with Crippen LogP contribution in [0.25, 0.3) is 10.6 Å². The summed E-state index contributed by atoms with van der Waals surface area (Å²) in [4.78, 5) is 21.7. The van der Waals surface area contributed by atoms with Crippen molar-refractivity contribution in [3.63, 3.8) is 0 Å². The summed E-state index contributed by atoms with van der Waals surface area (Å²) in [6, 6.07) is 2.83. The van der Waals surface area contributed by atoms with Crippen molar-refractivity contribution in [1.29, 1.82) is 0 Å². The molecule has 0 amide bonds. The molecule has 0 unspecified atom stereocenters. The Morgan fingerprint density at radius 3 is 2.78 bits per heavy atom. The van der Waals surface area contributed by atoms with Crippen molar-refractivity contribution < 1.29 is 19.2 Å². The fraction of sp³-hybridized carbons (Fsp3) is 0.182. The van der Waals surface area contributed by atoms with Gasteiger partial charge in [0.1, 0.15) is 5.56 Å². The van der Waals surface area contributed by atoms with Crippen molar-refractivity contribution in [2.45, 2.75) is 13.3 Å². The molecular weight excluding hydrogens is 258 g/mol. The summed E-state index contributed by atoms with van der Waals surface area (Å²) >= 11 is 0.893. The van der Waals surface area contributed by atoms with Gasteiger partial charge in [-0.05, 0) is 12.5 Å². The van der Waals surface area contributed by atoms with Crippen LogP contribution in [0.3, 0.4) is 0 Å². The molecular formula is C11H9NO5S. The van der Waals surface area contributed by atoms with Crippen molar-refractivity contribution in [3.8, 4) is 10.6 Å². The molecule has 94 valence electrons. The Labute approximate surface area is 106 Å². The first-order chi connectivity index (χ1) is 8.54. The number of carboxylic acids is 1. The second kappa shape index (κ2) is 4.61. The third kappa shape index (κ3) is 2.00. The maximum atomic E-state index is 11.2. The molecule has 0 radical (unpaired) electrons. The van der Waals surface area contributed by atoms with Crippen LogP contribution in [0.4, 0.5) is 5.00 Å². The molecule has 0 spiro atoms. The van der Waals surface area contributed by atoms with E-state index in [1.165, 1.54) is 18.4 Å². The smallest absolute Gasteiger partial charge is 0.339 e. The van der Waals surface area contributed by atoms with Crippen molar-refractivity contribution in [2.24, 2.45) is 0 Å². The first-order valence-corrected chi connectivity index (χ1v) is 5.94. The third-order valence-electron chi connectivity index (χ3n) is 2.46. The molecule has 0 atom stereocenters. The summed E-state index contributed by atoms with van der Waals surface area (Å²) in [5, 5.41) is 19.7. The Kier molecular flexibility index (Phi) is 3.15. The summed E-state index contributed by atoms with van der Waals surface area (Å²) in [5.41, 5.74) is 0.655. The van der Waals surface area contributed by atoms with E-state index in [1.54, 1.807) is 0 Å². The number of aryl methyl sites for hydroxylation is 1. The number of hydrogen-bond acceptors (Lipinski definition) is 5. The molecule has 2 aromatic rings. The highest BCUT2D eigenvalue weighted by atomic mass is 32.1. The number of thiophene rings is 1. The number of nitro groups is 1. The highest BCUT2D eigenvalue weighted by Gasteiger charge is 2.23. The summed E-state index contributed by atoms with van der Waals surface area (Å²) in [7, 11) is 0. The topological polar surface area (TPSA) is 93.6 Å². The minimum atomic E-state index is -1.09. The minimum absolute atomic E-state index is 0.0456. The molecule has 2 rings (SSSR count). The van der Waals surface area contributed by atoms with E-state index in [9.17, 15) is 14.9 Å². The lowest BCUT2D eigenvalue weighted by Gasteiger charge is -1.96. The number of carbonyl (C=O) groups is 1. The van der Waals surface area contributed by atoms with Gasteiger partial charge in [-0.3, -0.25) is 10.1 Å². The molecule has 7 heteroatoms. The molecule has 2 aromatic heterocycles. The molecule has 0 aliphatic rings. The van der Waals surface area contributed by atoms with Crippen molar-refractivity contribution in [2.75, 3.05) is 0 Å². The number of nitrogens with zero attached hydrogens (tertiary/aromatic N) is 1. The standard InChI is InChI=1S/C11H9NO5S/c1-2-6-5-17-10(9(6)11(13)14)7-3-4-8(18-7)12(15)16/h3-5H,2H2,1H3,(H,13,14). The zero-order valence-electron chi connectivity index (χ0n) is 9.37. The molecule has 2 heterocycles. The SMILES string of the molecule is CCc1coc(-c2ccc([N+](=O)[O-])s2)c1C(=O)O. The average molecular weight is 267 g/mol. The fourth-order valence-electron chi connectivity index (χ4n) is 1.62. The van der Waals surface area contributed by atoms with Crippen LogP contribution in [0.1, 0.15) is 22.8 Å². The summed E-state index contributed by atoms with van der Waals surface area (Å²) in [5.74, 6) is -0.913. The van der Waals surface area contributed by atoms with Gasteiger partial charge in [-0.15, -0.1) is 0 Å². The quantitative estimate of drug-likeness (QED) is 0.678. The van der Waals surface area contributed by atoms with Crippen LogP contribution in [0, 0.1) is 10.1 Å². The Morgan fingerprint density at radius 1 is 1.56 bits per heavy atom. The van der Waals surface area contributed by atoms with Crippen molar-refractivity contribution >= 4 is 22.3 Å². The highest BCUT2D eigenvalue weighted by molar-refractivity contribution is 7.18. The van der Waals surface area contributed by atoms with E-state index in [1.807, 2.05) is 6.92 Å². The Hall–Kier alpha value is -2.15. The van der Waals surface area contributed by atoms with E-state index in [-0.39, 0.29) is 16.3 Å². The molecule has 0 aliphatic heterocycles.